The number of piperidine rings is 1. The van der Waals surface area contributed by atoms with E-state index < -0.39 is 6.10 Å². The molecule has 2 unspecified atom stereocenters. The number of aromatic nitrogens is 1. The van der Waals surface area contributed by atoms with E-state index in [2.05, 4.69) is 26.2 Å². The minimum Gasteiger partial charge on any atom is -0.387 e. The fraction of sp³-hybridized carbons (Fsp3) is 0.545. The van der Waals surface area contributed by atoms with E-state index in [9.17, 15) is 5.11 Å². The average Bonchev–Trinajstić information content (AvgIpc) is 2.29. The molecule has 2 rings (SSSR count). The van der Waals surface area contributed by atoms with Crippen LogP contribution in [0.2, 0.25) is 0 Å². The van der Waals surface area contributed by atoms with Crippen LogP contribution >= 0.6 is 15.9 Å². The summed E-state index contributed by atoms with van der Waals surface area (Å²) in [5.41, 5.74) is 0.878. The van der Waals surface area contributed by atoms with E-state index in [1.165, 1.54) is 12.8 Å². The van der Waals surface area contributed by atoms with Crippen LogP contribution < -0.4 is 5.32 Å². The molecule has 1 aromatic rings. The van der Waals surface area contributed by atoms with Gasteiger partial charge in [-0.3, -0.25) is 4.98 Å². The Morgan fingerprint density at radius 2 is 2.33 bits per heavy atom. The molecule has 15 heavy (non-hydrogen) atoms. The Morgan fingerprint density at radius 3 is 3.00 bits per heavy atom. The molecule has 0 aliphatic carbocycles. The van der Waals surface area contributed by atoms with Crippen molar-refractivity contribution in [2.45, 2.75) is 31.4 Å². The van der Waals surface area contributed by atoms with E-state index in [1.807, 2.05) is 6.07 Å². The lowest BCUT2D eigenvalue weighted by molar-refractivity contribution is 0.113. The Labute approximate surface area is 98.0 Å². The summed E-state index contributed by atoms with van der Waals surface area (Å²) >= 11 is 3.36. The van der Waals surface area contributed by atoms with Gasteiger partial charge < -0.3 is 10.4 Å². The Kier molecular flexibility index (Phi) is 3.72. The molecule has 2 N–H and O–H groups in total. The standard InChI is InChI=1S/C11H15BrN2O/c12-9-5-8(6-13-7-9)11(15)10-3-1-2-4-14-10/h5-7,10-11,14-15H,1-4H2. The molecule has 4 heteroatoms. The maximum absolute atomic E-state index is 10.1. The minimum absolute atomic E-state index is 0.176. The largest absolute Gasteiger partial charge is 0.387 e. The first-order valence-corrected chi connectivity index (χ1v) is 6.08. The maximum Gasteiger partial charge on any atom is 0.0958 e. The number of nitrogens with zero attached hydrogens (tertiary/aromatic N) is 1. The van der Waals surface area contributed by atoms with E-state index in [4.69, 9.17) is 0 Å². The molecule has 0 aromatic carbocycles. The molecule has 2 heterocycles. The maximum atomic E-state index is 10.1. The van der Waals surface area contributed by atoms with Gasteiger partial charge in [0.05, 0.1) is 6.10 Å². The highest BCUT2D eigenvalue weighted by molar-refractivity contribution is 9.10. The van der Waals surface area contributed by atoms with Crippen molar-refractivity contribution in [3.63, 3.8) is 0 Å². The summed E-state index contributed by atoms with van der Waals surface area (Å²) in [5, 5.41) is 13.5. The van der Waals surface area contributed by atoms with E-state index in [0.717, 1.165) is 23.0 Å². The van der Waals surface area contributed by atoms with Gasteiger partial charge in [0, 0.05) is 28.5 Å². The average molecular weight is 271 g/mol. The lowest BCUT2D eigenvalue weighted by Crippen LogP contribution is -2.38. The Bertz CT molecular complexity index is 326. The topological polar surface area (TPSA) is 45.2 Å². The second-order valence-electron chi connectivity index (χ2n) is 3.94. The quantitative estimate of drug-likeness (QED) is 0.865. The molecule has 0 saturated carbocycles. The first kappa shape index (κ1) is 11.0. The summed E-state index contributed by atoms with van der Waals surface area (Å²) in [4.78, 5) is 4.07. The molecule has 0 bridgehead atoms. The SMILES string of the molecule is OC(c1cncc(Br)c1)C1CCCCN1. The second kappa shape index (κ2) is 5.05. The van der Waals surface area contributed by atoms with E-state index in [1.54, 1.807) is 12.4 Å². The predicted molar refractivity (Wildman–Crippen MR) is 62.5 cm³/mol. The van der Waals surface area contributed by atoms with Gasteiger partial charge in [-0.25, -0.2) is 0 Å². The number of aliphatic hydroxyl groups excluding tert-OH is 1. The van der Waals surface area contributed by atoms with Gasteiger partial charge in [-0.05, 0) is 41.4 Å². The van der Waals surface area contributed by atoms with Crippen molar-refractivity contribution in [2.75, 3.05) is 6.54 Å². The summed E-state index contributed by atoms with van der Waals surface area (Å²) in [7, 11) is 0. The highest BCUT2D eigenvalue weighted by Crippen LogP contribution is 2.23. The van der Waals surface area contributed by atoms with Gasteiger partial charge in [0.1, 0.15) is 0 Å². The van der Waals surface area contributed by atoms with Gasteiger partial charge in [-0.1, -0.05) is 6.42 Å². The lowest BCUT2D eigenvalue weighted by atomic mass is 9.96. The third kappa shape index (κ3) is 2.77. The number of rotatable bonds is 2. The van der Waals surface area contributed by atoms with Crippen molar-refractivity contribution in [3.05, 3.63) is 28.5 Å². The zero-order valence-corrected chi connectivity index (χ0v) is 10.1. The molecular formula is C11H15BrN2O. The summed E-state index contributed by atoms with van der Waals surface area (Å²) in [6.07, 6.45) is 6.44. The molecule has 82 valence electrons. The lowest BCUT2D eigenvalue weighted by Gasteiger charge is -2.28. The van der Waals surface area contributed by atoms with Crippen LogP contribution in [0.25, 0.3) is 0 Å². The van der Waals surface area contributed by atoms with Crippen molar-refractivity contribution < 1.29 is 5.11 Å². The molecule has 0 radical (unpaired) electrons. The van der Waals surface area contributed by atoms with Crippen molar-refractivity contribution in [1.29, 1.82) is 0 Å². The summed E-state index contributed by atoms with van der Waals surface area (Å²) < 4.78 is 0.912. The Morgan fingerprint density at radius 1 is 1.47 bits per heavy atom. The highest BCUT2D eigenvalue weighted by atomic mass is 79.9. The number of aliphatic hydroxyl groups is 1. The fourth-order valence-corrected chi connectivity index (χ4v) is 2.35. The summed E-state index contributed by atoms with van der Waals surface area (Å²) in [6, 6.07) is 2.10. The predicted octanol–water partition coefficient (Wildman–Crippen LogP) is 2.02. The van der Waals surface area contributed by atoms with Crippen LogP contribution in [0.4, 0.5) is 0 Å². The van der Waals surface area contributed by atoms with Crippen LogP contribution in [0.5, 0.6) is 0 Å². The molecule has 3 nitrogen and oxygen atoms in total. The number of hydrogen-bond acceptors (Lipinski definition) is 3. The van der Waals surface area contributed by atoms with Crippen molar-refractivity contribution >= 4 is 15.9 Å². The number of pyridine rings is 1. The fourth-order valence-electron chi connectivity index (χ4n) is 1.97. The molecule has 0 amide bonds. The second-order valence-corrected chi connectivity index (χ2v) is 4.85. The van der Waals surface area contributed by atoms with Gasteiger partial charge in [0.25, 0.3) is 0 Å². The van der Waals surface area contributed by atoms with Crippen molar-refractivity contribution in [2.24, 2.45) is 0 Å². The normalized spacial score (nSPS) is 23.7. The molecule has 1 aliphatic heterocycles. The molecule has 1 aliphatic rings. The Balaban J connectivity index is 2.08. The zero-order chi connectivity index (χ0) is 10.7. The molecule has 1 aromatic heterocycles. The van der Waals surface area contributed by atoms with E-state index in [0.29, 0.717) is 0 Å². The summed E-state index contributed by atoms with van der Waals surface area (Å²) in [6.45, 7) is 1.00. The van der Waals surface area contributed by atoms with Crippen LogP contribution in [0.1, 0.15) is 30.9 Å². The molecular weight excluding hydrogens is 256 g/mol. The third-order valence-electron chi connectivity index (χ3n) is 2.80. The summed E-state index contributed by atoms with van der Waals surface area (Å²) in [5.74, 6) is 0. The first-order valence-electron chi connectivity index (χ1n) is 5.29. The Hall–Kier alpha value is -0.450. The number of hydrogen-bond donors (Lipinski definition) is 2. The van der Waals surface area contributed by atoms with Crippen LogP contribution in [0.3, 0.4) is 0 Å². The van der Waals surface area contributed by atoms with Crippen molar-refractivity contribution in [3.8, 4) is 0 Å². The van der Waals surface area contributed by atoms with Gasteiger partial charge in [0.2, 0.25) is 0 Å². The minimum atomic E-state index is -0.449. The molecule has 1 fully saturated rings. The van der Waals surface area contributed by atoms with Crippen LogP contribution in [-0.2, 0) is 0 Å². The van der Waals surface area contributed by atoms with Gasteiger partial charge in [-0.2, -0.15) is 0 Å². The number of nitrogens with one attached hydrogen (secondary N) is 1. The molecule has 2 atom stereocenters. The van der Waals surface area contributed by atoms with Crippen LogP contribution in [-0.4, -0.2) is 22.7 Å². The van der Waals surface area contributed by atoms with Crippen LogP contribution in [0.15, 0.2) is 22.9 Å². The smallest absolute Gasteiger partial charge is 0.0958 e. The van der Waals surface area contributed by atoms with E-state index >= 15 is 0 Å². The van der Waals surface area contributed by atoms with Gasteiger partial charge >= 0.3 is 0 Å². The highest BCUT2D eigenvalue weighted by Gasteiger charge is 2.22. The van der Waals surface area contributed by atoms with Crippen LogP contribution in [0, 0.1) is 0 Å². The van der Waals surface area contributed by atoms with Crippen molar-refractivity contribution in [1.82, 2.24) is 10.3 Å². The van der Waals surface area contributed by atoms with Gasteiger partial charge in [0.15, 0.2) is 0 Å². The first-order chi connectivity index (χ1) is 7.27. The zero-order valence-electron chi connectivity index (χ0n) is 8.49. The number of halogens is 1. The molecule has 0 spiro atoms. The van der Waals surface area contributed by atoms with Gasteiger partial charge in [-0.15, -0.1) is 0 Å². The monoisotopic (exact) mass is 270 g/mol. The molecule has 1 saturated heterocycles. The van der Waals surface area contributed by atoms with E-state index in [-0.39, 0.29) is 6.04 Å². The third-order valence-corrected chi connectivity index (χ3v) is 3.23.